The number of non-ortho nitro benzene ring substituents is 1. The molecule has 1 amide bonds. The minimum atomic E-state index is -2.66. The van der Waals surface area contributed by atoms with E-state index in [4.69, 9.17) is 0 Å². The lowest BCUT2D eigenvalue weighted by atomic mass is 10.1. The van der Waals surface area contributed by atoms with Crippen molar-refractivity contribution >= 4 is 28.9 Å². The Morgan fingerprint density at radius 1 is 1.14 bits per heavy atom. The largest absolute Gasteiger partial charge is 0.370 e. The first-order valence-electron chi connectivity index (χ1n) is 12.1. The Balaban J connectivity index is 1.39. The molecule has 1 N–H and O–H groups in total. The number of hydrogen-bond acceptors (Lipinski definition) is 6. The average molecular weight is 486 g/mol. The summed E-state index contributed by atoms with van der Waals surface area (Å²) in [6.07, 6.45) is 0.548. The van der Waals surface area contributed by atoms with E-state index < -0.39 is 16.8 Å². The molecule has 1 aromatic carbocycles. The highest BCUT2D eigenvalue weighted by molar-refractivity contribution is 6.08. The van der Waals surface area contributed by atoms with Gasteiger partial charge in [0.2, 0.25) is 0 Å². The maximum absolute atomic E-state index is 13.6. The monoisotopic (exact) mass is 485 g/mol. The fourth-order valence-corrected chi connectivity index (χ4v) is 5.49. The number of nitro benzene ring substituents is 1. The van der Waals surface area contributed by atoms with Gasteiger partial charge in [0.15, 0.2) is 0 Å². The van der Waals surface area contributed by atoms with Crippen LogP contribution in [0.4, 0.5) is 31.8 Å². The summed E-state index contributed by atoms with van der Waals surface area (Å²) in [5, 5.41) is 14.3. The first-order chi connectivity index (χ1) is 16.6. The Labute approximate surface area is 202 Å². The van der Waals surface area contributed by atoms with Gasteiger partial charge < -0.3 is 15.1 Å². The van der Waals surface area contributed by atoms with Gasteiger partial charge in [0.05, 0.1) is 16.2 Å². The van der Waals surface area contributed by atoms with Crippen LogP contribution < -0.4 is 15.1 Å². The summed E-state index contributed by atoms with van der Waals surface area (Å²) in [6.45, 7) is 6.00. The highest BCUT2D eigenvalue weighted by Gasteiger charge is 2.49. The van der Waals surface area contributed by atoms with Gasteiger partial charge in [-0.3, -0.25) is 14.9 Å². The second-order valence-electron chi connectivity index (χ2n) is 10.1. The van der Waals surface area contributed by atoms with Crippen LogP contribution in [-0.2, 0) is 0 Å². The van der Waals surface area contributed by atoms with Gasteiger partial charge >= 0.3 is 0 Å². The number of carbonyl (C=O) groups is 1. The van der Waals surface area contributed by atoms with Crippen molar-refractivity contribution in [2.45, 2.75) is 39.0 Å². The second-order valence-corrected chi connectivity index (χ2v) is 10.1. The van der Waals surface area contributed by atoms with Crippen LogP contribution in [0.5, 0.6) is 0 Å². The van der Waals surface area contributed by atoms with Gasteiger partial charge in [-0.2, -0.15) is 0 Å². The van der Waals surface area contributed by atoms with Gasteiger partial charge in [0, 0.05) is 51.2 Å². The number of anilines is 3. The van der Waals surface area contributed by atoms with Crippen molar-refractivity contribution in [3.63, 3.8) is 0 Å². The van der Waals surface area contributed by atoms with Crippen molar-refractivity contribution in [3.05, 3.63) is 51.6 Å². The third-order valence-corrected chi connectivity index (χ3v) is 7.72. The number of pyridine rings is 1. The molecule has 3 fully saturated rings. The third-order valence-electron chi connectivity index (χ3n) is 7.72. The third kappa shape index (κ3) is 4.78. The number of nitrogens with zero attached hydrogens (tertiary/aromatic N) is 4. The molecular formula is C25H29F2N5O3. The smallest absolute Gasteiger partial charge is 0.271 e. The minimum Gasteiger partial charge on any atom is -0.370 e. The van der Waals surface area contributed by atoms with Gasteiger partial charge in [0.1, 0.15) is 11.6 Å². The van der Waals surface area contributed by atoms with E-state index in [1.165, 1.54) is 18.2 Å². The molecule has 2 aliphatic heterocycles. The highest BCUT2D eigenvalue weighted by Crippen LogP contribution is 2.52. The fourth-order valence-electron chi connectivity index (χ4n) is 5.49. The van der Waals surface area contributed by atoms with E-state index >= 15 is 0 Å². The molecular weight excluding hydrogens is 456 g/mol. The zero-order chi connectivity index (χ0) is 24.9. The van der Waals surface area contributed by atoms with E-state index in [1.807, 2.05) is 13.0 Å². The van der Waals surface area contributed by atoms with Gasteiger partial charge in [-0.05, 0) is 54.9 Å². The zero-order valence-corrected chi connectivity index (χ0v) is 19.8. The molecule has 3 heterocycles. The molecule has 3 aliphatic rings. The predicted molar refractivity (Wildman–Crippen MR) is 129 cm³/mol. The molecule has 1 aliphatic carbocycles. The van der Waals surface area contributed by atoms with Crippen molar-refractivity contribution < 1.29 is 18.5 Å². The normalized spacial score (nSPS) is 25.1. The van der Waals surface area contributed by atoms with E-state index in [-0.39, 0.29) is 31.6 Å². The van der Waals surface area contributed by atoms with E-state index in [0.29, 0.717) is 40.6 Å². The summed E-state index contributed by atoms with van der Waals surface area (Å²) < 4.78 is 27.2. The Morgan fingerprint density at radius 3 is 2.57 bits per heavy atom. The number of fused-ring (bicyclic) bond motifs is 1. The lowest BCUT2D eigenvalue weighted by molar-refractivity contribution is -0.384. The Morgan fingerprint density at radius 2 is 1.89 bits per heavy atom. The van der Waals surface area contributed by atoms with Crippen LogP contribution in [0.15, 0.2) is 30.3 Å². The summed E-state index contributed by atoms with van der Waals surface area (Å²) in [5.74, 6) is -0.304. The number of carbonyl (C=O) groups excluding carboxylic acids is 1. The van der Waals surface area contributed by atoms with Gasteiger partial charge in [0.25, 0.3) is 17.5 Å². The number of amides is 1. The highest BCUT2D eigenvalue weighted by atomic mass is 19.3. The molecule has 8 nitrogen and oxygen atoms in total. The van der Waals surface area contributed by atoms with Crippen molar-refractivity contribution in [1.82, 2.24) is 4.98 Å². The number of alkyl halides is 2. The second kappa shape index (κ2) is 8.73. The SMILES string of the molecule is Cc1cc(NC(=O)c2ccc([N+](=O)[O-])cc2N2CCC3C(C2)[C@@H]3C)nc(N2CCC(F)(F)CC2)c1. The maximum atomic E-state index is 13.6. The molecule has 0 bridgehead atoms. The molecule has 0 radical (unpaired) electrons. The number of rotatable bonds is 5. The Hall–Kier alpha value is -3.30. The van der Waals surface area contributed by atoms with Crippen LogP contribution in [0.2, 0.25) is 0 Å². The Bertz CT molecular complexity index is 1160. The Kier molecular flexibility index (Phi) is 5.85. The number of halogens is 2. The zero-order valence-electron chi connectivity index (χ0n) is 19.8. The summed E-state index contributed by atoms with van der Waals surface area (Å²) in [6, 6.07) is 7.85. The van der Waals surface area contributed by atoms with Crippen LogP contribution in [-0.4, -0.2) is 47.9 Å². The molecule has 5 rings (SSSR count). The lowest BCUT2D eigenvalue weighted by Crippen LogP contribution is -2.39. The number of hydrogen-bond donors (Lipinski definition) is 1. The molecule has 2 saturated heterocycles. The fraction of sp³-hybridized carbons (Fsp3) is 0.520. The van der Waals surface area contributed by atoms with Gasteiger partial charge in [-0.25, -0.2) is 13.8 Å². The summed E-state index contributed by atoms with van der Waals surface area (Å²) in [7, 11) is 0. The summed E-state index contributed by atoms with van der Waals surface area (Å²) in [4.78, 5) is 32.7. The number of aromatic nitrogens is 1. The topological polar surface area (TPSA) is 91.6 Å². The first-order valence-corrected chi connectivity index (χ1v) is 12.1. The van der Waals surface area contributed by atoms with Crippen molar-refractivity contribution in [2.24, 2.45) is 17.8 Å². The van der Waals surface area contributed by atoms with E-state index in [1.54, 1.807) is 11.0 Å². The molecule has 1 aromatic heterocycles. The summed E-state index contributed by atoms with van der Waals surface area (Å²) >= 11 is 0. The first kappa shape index (κ1) is 23.4. The molecule has 186 valence electrons. The van der Waals surface area contributed by atoms with Crippen molar-refractivity contribution in [3.8, 4) is 0 Å². The number of nitro groups is 1. The molecule has 10 heteroatoms. The van der Waals surface area contributed by atoms with E-state index in [2.05, 4.69) is 22.1 Å². The summed E-state index contributed by atoms with van der Waals surface area (Å²) in [5.41, 5.74) is 1.70. The number of piperidine rings is 2. The molecule has 1 saturated carbocycles. The standard InChI is InChI=1S/C25H29F2N5O3/c1-15-11-22(28-23(12-15)30-9-6-25(26,27)7-10-30)29-24(33)19-4-3-17(32(34)35)13-21(19)31-8-5-18-16(2)20(18)14-31/h3-4,11-13,16,18,20H,5-10,14H2,1-2H3,(H,28,29,33)/t16-,18?,20?/m1/s1. The molecule has 2 aromatic rings. The van der Waals surface area contributed by atoms with Crippen LogP contribution in [0.3, 0.4) is 0 Å². The van der Waals surface area contributed by atoms with Gasteiger partial charge in [-0.15, -0.1) is 0 Å². The molecule has 2 unspecified atom stereocenters. The molecule has 35 heavy (non-hydrogen) atoms. The molecule has 3 atom stereocenters. The van der Waals surface area contributed by atoms with Crippen LogP contribution in [0.1, 0.15) is 42.1 Å². The predicted octanol–water partition coefficient (Wildman–Crippen LogP) is 4.88. The van der Waals surface area contributed by atoms with Crippen molar-refractivity contribution in [1.29, 1.82) is 0 Å². The van der Waals surface area contributed by atoms with E-state index in [9.17, 15) is 23.7 Å². The van der Waals surface area contributed by atoms with Crippen molar-refractivity contribution in [2.75, 3.05) is 41.3 Å². The number of aryl methyl sites for hydroxylation is 1. The maximum Gasteiger partial charge on any atom is 0.271 e. The number of benzene rings is 1. The average Bonchev–Trinajstić information content (AvgIpc) is 3.47. The van der Waals surface area contributed by atoms with Crippen LogP contribution in [0.25, 0.3) is 0 Å². The van der Waals surface area contributed by atoms with Crippen LogP contribution >= 0.6 is 0 Å². The quantitative estimate of drug-likeness (QED) is 0.480. The number of nitrogens with one attached hydrogen (secondary N) is 1. The molecule has 0 spiro atoms. The van der Waals surface area contributed by atoms with Gasteiger partial charge in [-0.1, -0.05) is 6.92 Å². The lowest BCUT2D eigenvalue weighted by Gasteiger charge is -2.33. The van der Waals surface area contributed by atoms with Crippen LogP contribution in [0, 0.1) is 34.8 Å². The van der Waals surface area contributed by atoms with E-state index in [0.717, 1.165) is 25.1 Å². The minimum absolute atomic E-state index is 0.0552.